The molecule has 0 heterocycles. The van der Waals surface area contributed by atoms with Gasteiger partial charge in [0, 0.05) is 18.4 Å². The van der Waals surface area contributed by atoms with Crippen LogP contribution in [0.5, 0.6) is 5.75 Å². The third-order valence-electron chi connectivity index (χ3n) is 4.67. The zero-order chi connectivity index (χ0) is 20.0. The molecule has 0 spiro atoms. The number of methoxy groups -OCH3 is 1. The van der Waals surface area contributed by atoms with Gasteiger partial charge in [0.15, 0.2) is 6.04 Å². The summed E-state index contributed by atoms with van der Waals surface area (Å²) in [6, 6.07) is 2.91. The van der Waals surface area contributed by atoms with Gasteiger partial charge >= 0.3 is 5.97 Å². The second-order valence-corrected chi connectivity index (χ2v) is 7.24. The number of ether oxygens (including phenoxy) is 1. The first kappa shape index (κ1) is 21.0. The molecule has 0 aromatic heterocycles. The Bertz CT molecular complexity index is 703. The topological polar surface area (TPSA) is 105 Å². The number of halogens is 1. The Balaban J connectivity index is 1.95. The third kappa shape index (κ3) is 5.85. The van der Waals surface area contributed by atoms with E-state index in [2.05, 4.69) is 10.6 Å². The zero-order valence-electron chi connectivity index (χ0n) is 15.5. The summed E-state index contributed by atoms with van der Waals surface area (Å²) >= 11 is 6.04. The lowest BCUT2D eigenvalue weighted by Crippen LogP contribution is -2.41. The molecule has 1 fully saturated rings. The number of carboxylic acids is 1. The van der Waals surface area contributed by atoms with Crippen molar-refractivity contribution in [1.29, 1.82) is 0 Å². The van der Waals surface area contributed by atoms with E-state index >= 15 is 0 Å². The van der Waals surface area contributed by atoms with Gasteiger partial charge in [0.05, 0.1) is 12.1 Å². The molecule has 0 bridgehead atoms. The molecule has 2 amide bonds. The maximum atomic E-state index is 12.3. The van der Waals surface area contributed by atoms with E-state index < -0.39 is 17.9 Å². The van der Waals surface area contributed by atoms with E-state index in [1.807, 2.05) is 0 Å². The van der Waals surface area contributed by atoms with E-state index in [0.29, 0.717) is 11.3 Å². The summed E-state index contributed by atoms with van der Waals surface area (Å²) in [4.78, 5) is 36.0. The minimum Gasteiger partial charge on any atom is -0.495 e. The van der Waals surface area contributed by atoms with Gasteiger partial charge in [-0.1, -0.05) is 30.5 Å². The van der Waals surface area contributed by atoms with Crippen molar-refractivity contribution in [3.8, 4) is 5.75 Å². The van der Waals surface area contributed by atoms with E-state index in [1.165, 1.54) is 19.2 Å². The number of nitrogens with one attached hydrogen (secondary N) is 2. The van der Waals surface area contributed by atoms with Gasteiger partial charge < -0.3 is 20.5 Å². The smallest absolute Gasteiger partial charge is 0.330 e. The van der Waals surface area contributed by atoms with Crippen molar-refractivity contribution in [1.82, 2.24) is 10.6 Å². The molecule has 0 aliphatic heterocycles. The number of rotatable bonds is 8. The van der Waals surface area contributed by atoms with Crippen LogP contribution in [0.3, 0.4) is 0 Å². The quantitative estimate of drug-likeness (QED) is 0.626. The minimum absolute atomic E-state index is 0.00781. The highest BCUT2D eigenvalue weighted by molar-refractivity contribution is 6.32. The van der Waals surface area contributed by atoms with Crippen molar-refractivity contribution in [3.05, 3.63) is 28.8 Å². The first-order valence-corrected chi connectivity index (χ1v) is 9.35. The van der Waals surface area contributed by atoms with Crippen LogP contribution in [-0.4, -0.2) is 36.0 Å². The summed E-state index contributed by atoms with van der Waals surface area (Å²) in [7, 11) is 1.46. The fourth-order valence-corrected chi connectivity index (χ4v) is 3.51. The molecular formula is C19H25ClN2O5. The van der Waals surface area contributed by atoms with Crippen LogP contribution in [0.4, 0.5) is 0 Å². The fourth-order valence-electron chi connectivity index (χ4n) is 3.25. The molecule has 2 rings (SSSR count). The largest absolute Gasteiger partial charge is 0.495 e. The van der Waals surface area contributed by atoms with Crippen molar-refractivity contribution in [2.75, 3.05) is 7.11 Å². The van der Waals surface area contributed by atoms with Gasteiger partial charge in [-0.2, -0.15) is 0 Å². The second kappa shape index (κ2) is 9.60. The lowest BCUT2D eigenvalue weighted by Gasteiger charge is -2.19. The fraction of sp³-hybridized carbons (Fsp3) is 0.526. The van der Waals surface area contributed by atoms with Crippen LogP contribution in [0.25, 0.3) is 0 Å². The van der Waals surface area contributed by atoms with Crippen molar-refractivity contribution < 1.29 is 24.2 Å². The van der Waals surface area contributed by atoms with Gasteiger partial charge in [0.1, 0.15) is 5.75 Å². The van der Waals surface area contributed by atoms with Gasteiger partial charge in [-0.3, -0.25) is 9.59 Å². The molecule has 3 N–H and O–H groups in total. The average molecular weight is 397 g/mol. The highest BCUT2D eigenvalue weighted by atomic mass is 35.5. The van der Waals surface area contributed by atoms with E-state index in [0.717, 1.165) is 25.7 Å². The van der Waals surface area contributed by atoms with Crippen LogP contribution in [0.15, 0.2) is 18.2 Å². The first-order valence-electron chi connectivity index (χ1n) is 8.97. The molecule has 1 aromatic carbocycles. The molecule has 27 heavy (non-hydrogen) atoms. The monoisotopic (exact) mass is 396 g/mol. The number of carbonyl (C=O) groups excluding carboxylic acids is 2. The van der Waals surface area contributed by atoms with E-state index in [1.54, 1.807) is 13.0 Å². The molecule has 0 radical (unpaired) electrons. The molecule has 2 unspecified atom stereocenters. The summed E-state index contributed by atoms with van der Waals surface area (Å²) in [6.07, 6.45) is 3.86. The highest BCUT2D eigenvalue weighted by Crippen LogP contribution is 2.28. The maximum Gasteiger partial charge on any atom is 0.330 e. The van der Waals surface area contributed by atoms with Crippen LogP contribution < -0.4 is 15.4 Å². The number of hydrogen-bond donors (Lipinski definition) is 3. The molecular weight excluding hydrogens is 372 g/mol. The lowest BCUT2D eigenvalue weighted by atomic mass is 10.1. The highest BCUT2D eigenvalue weighted by Gasteiger charge is 2.26. The van der Waals surface area contributed by atoms with Crippen LogP contribution in [0.1, 0.15) is 50.6 Å². The standard InChI is InChI=1S/C19H25ClN2O5/c1-11(21-18(24)12-5-3-4-6-12)9-16(23)22-17(19(25)26)13-7-8-15(27-2)14(20)10-13/h7-8,10-12,17H,3-6,9H2,1-2H3,(H,21,24)(H,22,23)(H,25,26). The summed E-state index contributed by atoms with van der Waals surface area (Å²) in [5.41, 5.74) is 0.337. The third-order valence-corrected chi connectivity index (χ3v) is 4.96. The molecule has 1 aliphatic rings. The SMILES string of the molecule is COc1ccc(C(NC(=O)CC(C)NC(=O)C2CCCC2)C(=O)O)cc1Cl. The van der Waals surface area contributed by atoms with Gasteiger partial charge in [0.2, 0.25) is 11.8 Å². The molecule has 1 saturated carbocycles. The molecule has 8 heteroatoms. The summed E-state index contributed by atoms with van der Waals surface area (Å²) in [5, 5.41) is 15.0. The summed E-state index contributed by atoms with van der Waals surface area (Å²) < 4.78 is 5.05. The Morgan fingerprint density at radius 1 is 1.26 bits per heavy atom. The maximum absolute atomic E-state index is 12.3. The van der Waals surface area contributed by atoms with Gasteiger partial charge in [-0.05, 0) is 37.5 Å². The zero-order valence-corrected chi connectivity index (χ0v) is 16.2. The number of benzene rings is 1. The average Bonchev–Trinajstić information content (AvgIpc) is 3.14. The summed E-state index contributed by atoms with van der Waals surface area (Å²) in [5.74, 6) is -1.27. The van der Waals surface area contributed by atoms with E-state index in [9.17, 15) is 19.5 Å². The molecule has 7 nitrogen and oxygen atoms in total. The van der Waals surface area contributed by atoms with Crippen LogP contribution in [0.2, 0.25) is 5.02 Å². The van der Waals surface area contributed by atoms with Crippen molar-refractivity contribution in [3.63, 3.8) is 0 Å². The van der Waals surface area contributed by atoms with Gasteiger partial charge in [-0.25, -0.2) is 4.79 Å². The van der Waals surface area contributed by atoms with Crippen molar-refractivity contribution in [2.45, 2.75) is 51.1 Å². The van der Waals surface area contributed by atoms with Crippen molar-refractivity contribution in [2.24, 2.45) is 5.92 Å². The Hall–Kier alpha value is -2.28. The molecule has 2 atom stereocenters. The molecule has 148 valence electrons. The molecule has 1 aliphatic carbocycles. The Morgan fingerprint density at radius 3 is 2.48 bits per heavy atom. The van der Waals surface area contributed by atoms with E-state index in [4.69, 9.17) is 16.3 Å². The van der Waals surface area contributed by atoms with Crippen LogP contribution in [-0.2, 0) is 14.4 Å². The van der Waals surface area contributed by atoms with Gasteiger partial charge in [0.25, 0.3) is 0 Å². The van der Waals surface area contributed by atoms with Crippen molar-refractivity contribution >= 4 is 29.4 Å². The number of hydrogen-bond acceptors (Lipinski definition) is 4. The minimum atomic E-state index is -1.24. The van der Waals surface area contributed by atoms with E-state index in [-0.39, 0.29) is 29.3 Å². The predicted octanol–water partition coefficient (Wildman–Crippen LogP) is 2.68. The summed E-state index contributed by atoms with van der Waals surface area (Å²) in [6.45, 7) is 1.73. The first-order chi connectivity index (χ1) is 12.8. The number of amides is 2. The number of carboxylic acid groups (broad SMARTS) is 1. The molecule has 1 aromatic rings. The Labute approximate surface area is 163 Å². The Kier molecular flexibility index (Phi) is 7.47. The molecule has 0 saturated heterocycles. The number of aliphatic carboxylic acids is 1. The predicted molar refractivity (Wildman–Crippen MR) is 101 cm³/mol. The Morgan fingerprint density at radius 2 is 1.93 bits per heavy atom. The normalized spacial score (nSPS) is 16.4. The second-order valence-electron chi connectivity index (χ2n) is 6.83. The number of carbonyl (C=O) groups is 3. The lowest BCUT2D eigenvalue weighted by molar-refractivity contribution is -0.142. The van der Waals surface area contributed by atoms with Crippen LogP contribution >= 0.6 is 11.6 Å². The van der Waals surface area contributed by atoms with Gasteiger partial charge in [-0.15, -0.1) is 0 Å². The van der Waals surface area contributed by atoms with Crippen LogP contribution in [0, 0.1) is 5.92 Å².